The highest BCUT2D eigenvalue weighted by Crippen LogP contribution is 2.35. The highest BCUT2D eigenvalue weighted by Gasteiger charge is 2.22. The van der Waals surface area contributed by atoms with Crippen LogP contribution in [0.2, 0.25) is 0 Å². The minimum atomic E-state index is -1.17. The van der Waals surface area contributed by atoms with E-state index >= 15 is 0 Å². The number of carbonyl (C=O) groups excluding carboxylic acids is 1. The minimum absolute atomic E-state index is 0.324. The molecule has 8 heteroatoms. The summed E-state index contributed by atoms with van der Waals surface area (Å²) in [5.74, 6) is -0.965. The van der Waals surface area contributed by atoms with Gasteiger partial charge in [-0.1, -0.05) is 30.3 Å². The van der Waals surface area contributed by atoms with Crippen LogP contribution >= 0.6 is 11.3 Å². The van der Waals surface area contributed by atoms with Crippen molar-refractivity contribution >= 4 is 39.2 Å². The predicted molar refractivity (Wildman–Crippen MR) is 96.4 cm³/mol. The molecule has 7 nitrogen and oxygen atoms in total. The summed E-state index contributed by atoms with van der Waals surface area (Å²) in [5, 5.41) is 12.8. The Balaban J connectivity index is 2.04. The Kier molecular flexibility index (Phi) is 4.62. The van der Waals surface area contributed by atoms with Gasteiger partial charge in [0.15, 0.2) is 0 Å². The molecule has 3 rings (SSSR count). The number of anilines is 1. The van der Waals surface area contributed by atoms with E-state index in [4.69, 9.17) is 5.73 Å². The van der Waals surface area contributed by atoms with Gasteiger partial charge in [0.05, 0.1) is 11.8 Å². The van der Waals surface area contributed by atoms with Gasteiger partial charge in [-0.2, -0.15) is 0 Å². The van der Waals surface area contributed by atoms with Gasteiger partial charge in [-0.15, -0.1) is 11.3 Å². The third-order valence-corrected chi connectivity index (χ3v) is 4.66. The zero-order valence-corrected chi connectivity index (χ0v) is 14.2. The number of benzene rings is 1. The summed E-state index contributed by atoms with van der Waals surface area (Å²) < 4.78 is 0. The van der Waals surface area contributed by atoms with Gasteiger partial charge in [0.1, 0.15) is 22.5 Å². The molecule has 0 spiro atoms. The Morgan fingerprint density at radius 1 is 1.28 bits per heavy atom. The number of rotatable bonds is 6. The molecule has 3 aromatic rings. The van der Waals surface area contributed by atoms with Gasteiger partial charge >= 0.3 is 5.97 Å². The smallest absolute Gasteiger partial charge is 0.326 e. The van der Waals surface area contributed by atoms with Crippen LogP contribution in [0, 0.1) is 6.92 Å². The van der Waals surface area contributed by atoms with Crippen LogP contribution in [0.25, 0.3) is 20.7 Å². The molecule has 0 saturated carbocycles. The second-order valence-corrected chi connectivity index (χ2v) is 6.55. The van der Waals surface area contributed by atoms with Gasteiger partial charge in [-0.3, -0.25) is 4.79 Å². The van der Waals surface area contributed by atoms with E-state index in [0.717, 1.165) is 15.3 Å². The van der Waals surface area contributed by atoms with E-state index in [0.29, 0.717) is 17.0 Å². The zero-order chi connectivity index (χ0) is 18.0. The fourth-order valence-electron chi connectivity index (χ4n) is 2.45. The summed E-state index contributed by atoms with van der Waals surface area (Å²) in [4.78, 5) is 33.0. The minimum Gasteiger partial charge on any atom is -0.480 e. The third-order valence-electron chi connectivity index (χ3n) is 3.58. The number of aliphatic carboxylic acids is 1. The topological polar surface area (TPSA) is 118 Å². The van der Waals surface area contributed by atoms with Gasteiger partial charge in [-0.25, -0.2) is 14.8 Å². The lowest BCUT2D eigenvalue weighted by molar-refractivity contribution is -0.139. The highest BCUT2D eigenvalue weighted by atomic mass is 32.1. The number of primary amides is 1. The van der Waals surface area contributed by atoms with Crippen molar-refractivity contribution < 1.29 is 14.7 Å². The molecule has 1 aromatic carbocycles. The van der Waals surface area contributed by atoms with Crippen LogP contribution in [0.4, 0.5) is 5.82 Å². The first-order valence-electron chi connectivity index (χ1n) is 7.55. The molecular formula is C17H16N4O3S. The molecule has 1 amide bonds. The lowest BCUT2D eigenvalue weighted by atomic mass is 10.1. The van der Waals surface area contributed by atoms with E-state index in [1.807, 2.05) is 36.4 Å². The number of carboxylic acid groups (broad SMARTS) is 1. The number of nitrogens with two attached hydrogens (primary N) is 1. The van der Waals surface area contributed by atoms with E-state index in [1.165, 1.54) is 11.3 Å². The van der Waals surface area contributed by atoms with Gasteiger partial charge in [-0.05, 0) is 18.6 Å². The fourth-order valence-corrected chi connectivity index (χ4v) is 3.53. The number of fused-ring (bicyclic) bond motifs is 1. The normalized spacial score (nSPS) is 12.0. The molecule has 2 heterocycles. The van der Waals surface area contributed by atoms with E-state index in [1.54, 1.807) is 6.92 Å². The molecular weight excluding hydrogens is 340 g/mol. The lowest BCUT2D eigenvalue weighted by Gasteiger charge is -2.14. The van der Waals surface area contributed by atoms with Crippen molar-refractivity contribution in [2.24, 2.45) is 5.73 Å². The average molecular weight is 356 g/mol. The molecule has 0 aliphatic carbocycles. The maximum Gasteiger partial charge on any atom is 0.326 e. The highest BCUT2D eigenvalue weighted by molar-refractivity contribution is 7.21. The maximum atomic E-state index is 11.4. The molecule has 0 aliphatic rings. The summed E-state index contributed by atoms with van der Waals surface area (Å²) in [6.07, 6.45) is -0.324. The Morgan fingerprint density at radius 2 is 2.00 bits per heavy atom. The van der Waals surface area contributed by atoms with Crippen molar-refractivity contribution in [2.75, 3.05) is 5.32 Å². The Hall–Kier alpha value is -3.00. The quantitative estimate of drug-likeness (QED) is 0.624. The number of carboxylic acids is 1. The largest absolute Gasteiger partial charge is 0.480 e. The molecule has 128 valence electrons. The summed E-state index contributed by atoms with van der Waals surface area (Å²) in [5.41, 5.74) is 6.18. The molecule has 0 bridgehead atoms. The van der Waals surface area contributed by atoms with Gasteiger partial charge in [0.25, 0.3) is 0 Å². The van der Waals surface area contributed by atoms with Crippen LogP contribution in [0.1, 0.15) is 12.2 Å². The Labute approximate surface area is 147 Å². The number of aromatic nitrogens is 2. The van der Waals surface area contributed by atoms with Gasteiger partial charge in [0, 0.05) is 4.88 Å². The molecule has 0 aliphatic heterocycles. The molecule has 1 unspecified atom stereocenters. The average Bonchev–Trinajstić information content (AvgIpc) is 2.98. The summed E-state index contributed by atoms with van der Waals surface area (Å²) in [6, 6.07) is 10.6. The maximum absolute atomic E-state index is 11.4. The monoisotopic (exact) mass is 356 g/mol. The number of aryl methyl sites for hydroxylation is 1. The van der Waals surface area contributed by atoms with Crippen LogP contribution in [0.15, 0.2) is 36.4 Å². The first-order chi connectivity index (χ1) is 11.9. The number of nitrogens with zero attached hydrogens (tertiary/aromatic N) is 2. The standard InChI is InChI=1S/C17H16N4O3S/c1-9-19-15(21-12(17(23)24)8-14(18)22)11-7-13(25-16(11)20-9)10-5-3-2-4-6-10/h2-7,12H,8H2,1H3,(H2,18,22)(H,23,24)(H,19,20,21). The first kappa shape index (κ1) is 16.8. The van der Waals surface area contributed by atoms with Gasteiger partial charge in [0.2, 0.25) is 5.91 Å². The van der Waals surface area contributed by atoms with Crippen LogP contribution in [0.3, 0.4) is 0 Å². The molecule has 1 atom stereocenters. The second kappa shape index (κ2) is 6.86. The lowest BCUT2D eigenvalue weighted by Crippen LogP contribution is -2.34. The number of hydrogen-bond donors (Lipinski definition) is 3. The Morgan fingerprint density at radius 3 is 2.64 bits per heavy atom. The number of nitrogens with one attached hydrogen (secondary N) is 1. The number of thiophene rings is 1. The van der Waals surface area contributed by atoms with Crippen LogP contribution < -0.4 is 11.1 Å². The van der Waals surface area contributed by atoms with Crippen molar-refractivity contribution in [2.45, 2.75) is 19.4 Å². The molecule has 0 fully saturated rings. The summed E-state index contributed by atoms with van der Waals surface area (Å²) in [7, 11) is 0. The number of hydrogen-bond acceptors (Lipinski definition) is 6. The van der Waals surface area contributed by atoms with Crippen molar-refractivity contribution in [1.82, 2.24) is 9.97 Å². The first-order valence-corrected chi connectivity index (χ1v) is 8.37. The van der Waals surface area contributed by atoms with Crippen molar-refractivity contribution in [3.63, 3.8) is 0 Å². The number of carbonyl (C=O) groups is 2. The summed E-state index contributed by atoms with van der Waals surface area (Å²) >= 11 is 1.50. The van der Waals surface area contributed by atoms with Crippen LogP contribution in [-0.2, 0) is 9.59 Å². The molecule has 25 heavy (non-hydrogen) atoms. The SMILES string of the molecule is Cc1nc(NC(CC(N)=O)C(=O)O)c2cc(-c3ccccc3)sc2n1. The van der Waals surface area contributed by atoms with Crippen molar-refractivity contribution in [3.05, 3.63) is 42.2 Å². The molecule has 4 N–H and O–H groups in total. The van der Waals surface area contributed by atoms with Crippen LogP contribution in [0.5, 0.6) is 0 Å². The summed E-state index contributed by atoms with van der Waals surface area (Å²) in [6.45, 7) is 1.73. The number of amides is 1. The zero-order valence-electron chi connectivity index (χ0n) is 13.4. The predicted octanol–water partition coefficient (Wildman–Crippen LogP) is 2.41. The Bertz CT molecular complexity index is 940. The molecule has 2 aromatic heterocycles. The van der Waals surface area contributed by atoms with E-state index < -0.39 is 17.9 Å². The van der Waals surface area contributed by atoms with Crippen molar-refractivity contribution in [3.8, 4) is 10.4 Å². The van der Waals surface area contributed by atoms with Crippen LogP contribution in [-0.4, -0.2) is 33.0 Å². The van der Waals surface area contributed by atoms with E-state index in [-0.39, 0.29) is 6.42 Å². The molecule has 0 radical (unpaired) electrons. The third kappa shape index (κ3) is 3.74. The van der Waals surface area contributed by atoms with Crippen molar-refractivity contribution in [1.29, 1.82) is 0 Å². The fraction of sp³-hybridized carbons (Fsp3) is 0.176. The second-order valence-electron chi connectivity index (χ2n) is 5.52. The van der Waals surface area contributed by atoms with E-state index in [2.05, 4.69) is 15.3 Å². The molecule has 0 saturated heterocycles. The van der Waals surface area contributed by atoms with E-state index in [9.17, 15) is 14.7 Å². The van der Waals surface area contributed by atoms with Gasteiger partial charge < -0.3 is 16.2 Å².